The summed E-state index contributed by atoms with van der Waals surface area (Å²) in [6.45, 7) is 7.35. The molecule has 2 rings (SSSR count). The van der Waals surface area contributed by atoms with Crippen molar-refractivity contribution in [1.29, 1.82) is 0 Å². The Kier molecular flexibility index (Phi) is 10.6. The third kappa shape index (κ3) is 8.31. The van der Waals surface area contributed by atoms with Gasteiger partial charge >= 0.3 is 6.03 Å². The number of nitrogens with two attached hydrogens (primary N) is 1. The minimum Gasteiger partial charge on any atom is -0.506 e. The molecule has 0 aliphatic rings. The number of aromatic hydroxyl groups is 1. The average Bonchev–Trinajstić information content (AvgIpc) is 2.64. The second kappa shape index (κ2) is 12.4. The Morgan fingerprint density at radius 2 is 1.64 bits per heavy atom. The summed E-state index contributed by atoms with van der Waals surface area (Å²) in [6.07, 6.45) is 4.24. The molecule has 0 aromatic heterocycles. The standard InChI is InChI=1S/C22H31N3O2.BrH/c1-3-4-13-25(14-11-18-7-5-17(2)6-8-18)15-12-19-9-10-21(26)20(16-19)24-22(23)27;/h5-10,16,26H,3-4,11-15H2,1-2H3,(H3,23,24,27);1H. The van der Waals surface area contributed by atoms with E-state index in [0.717, 1.165) is 38.0 Å². The van der Waals surface area contributed by atoms with Crippen LogP contribution in [0.15, 0.2) is 42.5 Å². The molecule has 0 unspecified atom stereocenters. The fourth-order valence-corrected chi connectivity index (χ4v) is 3.02. The van der Waals surface area contributed by atoms with Crippen LogP contribution in [0.1, 0.15) is 36.5 Å². The highest BCUT2D eigenvalue weighted by Crippen LogP contribution is 2.24. The van der Waals surface area contributed by atoms with Crippen molar-refractivity contribution in [3.05, 3.63) is 59.2 Å². The topological polar surface area (TPSA) is 78.6 Å². The average molecular weight is 450 g/mol. The van der Waals surface area contributed by atoms with Crippen molar-refractivity contribution in [3.63, 3.8) is 0 Å². The first-order valence-electron chi connectivity index (χ1n) is 9.64. The number of carbonyl (C=O) groups is 1. The Balaban J connectivity index is 0.00000392. The van der Waals surface area contributed by atoms with Crippen LogP contribution in [0.3, 0.4) is 0 Å². The smallest absolute Gasteiger partial charge is 0.316 e. The molecule has 0 saturated carbocycles. The summed E-state index contributed by atoms with van der Waals surface area (Å²) in [5, 5.41) is 12.3. The predicted octanol–water partition coefficient (Wildman–Crippen LogP) is 4.66. The van der Waals surface area contributed by atoms with Crippen LogP contribution in [0.5, 0.6) is 5.75 Å². The number of phenols is 1. The van der Waals surface area contributed by atoms with Crippen LogP contribution in [-0.2, 0) is 12.8 Å². The second-order valence-corrected chi connectivity index (χ2v) is 7.02. The number of nitrogens with zero attached hydrogens (tertiary/aromatic N) is 1. The Labute approximate surface area is 178 Å². The van der Waals surface area contributed by atoms with Crippen molar-refractivity contribution >= 4 is 28.7 Å². The minimum absolute atomic E-state index is 0. The molecule has 2 aromatic rings. The lowest BCUT2D eigenvalue weighted by molar-refractivity contribution is 0.259. The molecule has 2 aromatic carbocycles. The normalized spacial score (nSPS) is 10.5. The number of carbonyl (C=O) groups excluding carboxylic acids is 1. The summed E-state index contributed by atoms with van der Waals surface area (Å²) in [5.41, 5.74) is 9.23. The van der Waals surface area contributed by atoms with Gasteiger partial charge in [-0.15, -0.1) is 17.0 Å². The van der Waals surface area contributed by atoms with E-state index >= 15 is 0 Å². The number of halogens is 1. The van der Waals surface area contributed by atoms with E-state index in [9.17, 15) is 9.90 Å². The number of anilines is 1. The Morgan fingerprint density at radius 1 is 1.04 bits per heavy atom. The molecule has 28 heavy (non-hydrogen) atoms. The maximum Gasteiger partial charge on any atom is 0.316 e. The first-order valence-corrected chi connectivity index (χ1v) is 9.64. The van der Waals surface area contributed by atoms with Gasteiger partial charge in [-0.05, 0) is 56.0 Å². The predicted molar refractivity (Wildman–Crippen MR) is 122 cm³/mol. The molecular weight excluding hydrogens is 418 g/mol. The lowest BCUT2D eigenvalue weighted by atomic mass is 10.1. The minimum atomic E-state index is -0.676. The number of phenolic OH excluding ortho intramolecular Hbond substituents is 1. The van der Waals surface area contributed by atoms with Crippen LogP contribution in [0.2, 0.25) is 0 Å². The van der Waals surface area contributed by atoms with E-state index in [1.807, 2.05) is 6.07 Å². The number of hydrogen-bond donors (Lipinski definition) is 3. The monoisotopic (exact) mass is 449 g/mol. The van der Waals surface area contributed by atoms with E-state index in [2.05, 4.69) is 48.3 Å². The number of amides is 2. The number of aryl methyl sites for hydroxylation is 1. The summed E-state index contributed by atoms with van der Waals surface area (Å²) in [4.78, 5) is 13.5. The molecule has 154 valence electrons. The number of benzene rings is 2. The van der Waals surface area contributed by atoms with Gasteiger partial charge in [0.05, 0.1) is 5.69 Å². The number of nitrogens with one attached hydrogen (secondary N) is 1. The van der Waals surface area contributed by atoms with Crippen molar-refractivity contribution in [2.45, 2.75) is 39.5 Å². The van der Waals surface area contributed by atoms with Gasteiger partial charge in [-0.3, -0.25) is 0 Å². The van der Waals surface area contributed by atoms with Gasteiger partial charge in [-0.2, -0.15) is 0 Å². The van der Waals surface area contributed by atoms with E-state index in [1.165, 1.54) is 24.0 Å². The first kappa shape index (κ1) is 24.0. The quantitative estimate of drug-likeness (QED) is 0.461. The van der Waals surface area contributed by atoms with Gasteiger partial charge in [-0.1, -0.05) is 49.2 Å². The molecule has 0 bridgehead atoms. The molecule has 0 atom stereocenters. The third-order valence-corrected chi connectivity index (χ3v) is 4.70. The zero-order valence-corrected chi connectivity index (χ0v) is 18.5. The molecule has 4 N–H and O–H groups in total. The van der Waals surface area contributed by atoms with Crippen LogP contribution < -0.4 is 11.1 Å². The van der Waals surface area contributed by atoms with Gasteiger partial charge in [0.2, 0.25) is 0 Å². The van der Waals surface area contributed by atoms with Crippen molar-refractivity contribution in [2.75, 3.05) is 25.0 Å². The highest BCUT2D eigenvalue weighted by molar-refractivity contribution is 8.93. The van der Waals surface area contributed by atoms with Gasteiger partial charge in [0.25, 0.3) is 0 Å². The van der Waals surface area contributed by atoms with Gasteiger partial charge in [-0.25, -0.2) is 4.79 Å². The van der Waals surface area contributed by atoms with Crippen molar-refractivity contribution in [1.82, 2.24) is 4.90 Å². The Bertz CT molecular complexity index is 735. The van der Waals surface area contributed by atoms with Gasteiger partial charge in [0.1, 0.15) is 5.75 Å². The molecule has 0 aliphatic carbocycles. The van der Waals surface area contributed by atoms with Crippen LogP contribution in [0, 0.1) is 6.92 Å². The summed E-state index contributed by atoms with van der Waals surface area (Å²) in [5.74, 6) is 0.0276. The molecule has 0 radical (unpaired) electrons. The second-order valence-electron chi connectivity index (χ2n) is 7.02. The maximum absolute atomic E-state index is 11.0. The Morgan fingerprint density at radius 3 is 2.25 bits per heavy atom. The molecule has 5 nitrogen and oxygen atoms in total. The van der Waals surface area contributed by atoms with E-state index in [-0.39, 0.29) is 22.7 Å². The molecule has 0 spiro atoms. The van der Waals surface area contributed by atoms with E-state index in [0.29, 0.717) is 5.69 Å². The number of unbranched alkanes of at least 4 members (excludes halogenated alkanes) is 1. The van der Waals surface area contributed by atoms with Crippen molar-refractivity contribution < 1.29 is 9.90 Å². The highest BCUT2D eigenvalue weighted by atomic mass is 79.9. The number of hydrogen-bond acceptors (Lipinski definition) is 3. The number of primary amides is 1. The van der Waals surface area contributed by atoms with Crippen LogP contribution in [0.4, 0.5) is 10.5 Å². The van der Waals surface area contributed by atoms with Crippen LogP contribution >= 0.6 is 17.0 Å². The summed E-state index contributed by atoms with van der Waals surface area (Å²) in [6, 6.07) is 13.3. The fraction of sp³-hybridized carbons (Fsp3) is 0.409. The lowest BCUT2D eigenvalue weighted by Gasteiger charge is -2.22. The van der Waals surface area contributed by atoms with Gasteiger partial charge in [0.15, 0.2) is 0 Å². The van der Waals surface area contributed by atoms with E-state index in [1.54, 1.807) is 12.1 Å². The maximum atomic E-state index is 11.0. The molecule has 0 saturated heterocycles. The molecule has 0 heterocycles. The highest BCUT2D eigenvalue weighted by Gasteiger charge is 2.08. The third-order valence-electron chi connectivity index (χ3n) is 4.70. The number of rotatable bonds is 10. The Hall–Kier alpha value is -2.05. The van der Waals surface area contributed by atoms with Crippen molar-refractivity contribution in [3.8, 4) is 5.75 Å². The summed E-state index contributed by atoms with van der Waals surface area (Å²) >= 11 is 0. The molecule has 0 fully saturated rings. The zero-order chi connectivity index (χ0) is 19.6. The largest absolute Gasteiger partial charge is 0.506 e. The molecular formula is C22H32BrN3O2. The fourth-order valence-electron chi connectivity index (χ4n) is 3.02. The van der Waals surface area contributed by atoms with E-state index < -0.39 is 6.03 Å². The summed E-state index contributed by atoms with van der Waals surface area (Å²) in [7, 11) is 0. The lowest BCUT2D eigenvalue weighted by Crippen LogP contribution is -2.29. The molecule has 0 aliphatic heterocycles. The molecule has 2 amide bonds. The van der Waals surface area contributed by atoms with Gasteiger partial charge in [0, 0.05) is 13.1 Å². The number of urea groups is 1. The molecule has 6 heteroatoms. The van der Waals surface area contributed by atoms with Gasteiger partial charge < -0.3 is 21.1 Å². The first-order chi connectivity index (χ1) is 13.0. The van der Waals surface area contributed by atoms with E-state index in [4.69, 9.17) is 5.73 Å². The van der Waals surface area contributed by atoms with Crippen LogP contribution in [0.25, 0.3) is 0 Å². The van der Waals surface area contributed by atoms with Crippen LogP contribution in [-0.4, -0.2) is 35.7 Å². The summed E-state index contributed by atoms with van der Waals surface area (Å²) < 4.78 is 0. The van der Waals surface area contributed by atoms with Crippen molar-refractivity contribution in [2.24, 2.45) is 5.73 Å². The SMILES string of the molecule is Br.CCCCN(CCc1ccc(C)cc1)CCc1ccc(O)c(NC(N)=O)c1. The zero-order valence-electron chi connectivity index (χ0n) is 16.8.